The summed E-state index contributed by atoms with van der Waals surface area (Å²) in [6.45, 7) is 4.78. The van der Waals surface area contributed by atoms with Crippen molar-refractivity contribution in [3.05, 3.63) is 29.8 Å². The third-order valence-electron chi connectivity index (χ3n) is 3.74. The second kappa shape index (κ2) is 7.29. The summed E-state index contributed by atoms with van der Waals surface area (Å²) in [7, 11) is 0. The molecule has 1 atom stereocenters. The number of benzene rings is 1. The van der Waals surface area contributed by atoms with Crippen LogP contribution in [0.2, 0.25) is 0 Å². The highest BCUT2D eigenvalue weighted by atomic mass is 16.5. The first-order valence-electron chi connectivity index (χ1n) is 7.45. The fraction of sp³-hybridized carbons (Fsp3) is 0.562. The first-order valence-corrected chi connectivity index (χ1v) is 7.45. The average Bonchev–Trinajstić information content (AvgIpc) is 2.99. The van der Waals surface area contributed by atoms with Gasteiger partial charge >= 0.3 is 0 Å². The zero-order valence-electron chi connectivity index (χ0n) is 12.2. The molecule has 1 aromatic rings. The maximum absolute atomic E-state index is 12.4. The second-order valence-electron chi connectivity index (χ2n) is 5.25. The molecule has 110 valence electrons. The molecular weight excluding hydrogens is 252 g/mol. The number of ether oxygens (including phenoxy) is 1. The Morgan fingerprint density at radius 2 is 2.15 bits per heavy atom. The third-order valence-corrected chi connectivity index (χ3v) is 3.74. The Labute approximate surface area is 120 Å². The van der Waals surface area contributed by atoms with Gasteiger partial charge in [-0.25, -0.2) is 0 Å². The van der Waals surface area contributed by atoms with Gasteiger partial charge in [0.25, 0.3) is 0 Å². The number of likely N-dealkylation sites (tertiary alicyclic amines) is 1. The Morgan fingerprint density at radius 3 is 2.80 bits per heavy atom. The van der Waals surface area contributed by atoms with E-state index in [1.54, 1.807) is 0 Å². The lowest BCUT2D eigenvalue weighted by atomic mass is 9.98. The summed E-state index contributed by atoms with van der Waals surface area (Å²) in [6.07, 6.45) is 2.92. The van der Waals surface area contributed by atoms with Gasteiger partial charge in [0, 0.05) is 19.6 Å². The van der Waals surface area contributed by atoms with Gasteiger partial charge in [-0.05, 0) is 43.9 Å². The number of hydrogen-bond acceptors (Lipinski definition) is 3. The van der Waals surface area contributed by atoms with Gasteiger partial charge in [0.05, 0.1) is 12.5 Å². The normalized spacial score (nSPS) is 16.2. The Morgan fingerprint density at radius 1 is 1.40 bits per heavy atom. The van der Waals surface area contributed by atoms with E-state index in [0.29, 0.717) is 19.6 Å². The lowest BCUT2D eigenvalue weighted by molar-refractivity contribution is -0.134. The van der Waals surface area contributed by atoms with Crippen LogP contribution in [0.25, 0.3) is 0 Å². The van der Waals surface area contributed by atoms with Crippen molar-refractivity contribution in [2.45, 2.75) is 26.2 Å². The molecule has 1 aromatic carbocycles. The van der Waals surface area contributed by atoms with Crippen LogP contribution in [0.15, 0.2) is 24.3 Å². The van der Waals surface area contributed by atoms with Crippen LogP contribution < -0.4 is 10.5 Å². The van der Waals surface area contributed by atoms with Gasteiger partial charge in [-0.15, -0.1) is 0 Å². The second-order valence-corrected chi connectivity index (χ2v) is 5.25. The molecule has 0 aromatic heterocycles. The molecule has 0 spiro atoms. The summed E-state index contributed by atoms with van der Waals surface area (Å²) < 4.78 is 5.50. The van der Waals surface area contributed by atoms with Crippen molar-refractivity contribution in [1.29, 1.82) is 0 Å². The number of nitrogens with two attached hydrogens (primary N) is 1. The fourth-order valence-electron chi connectivity index (χ4n) is 2.68. The summed E-state index contributed by atoms with van der Waals surface area (Å²) >= 11 is 0. The van der Waals surface area contributed by atoms with Crippen molar-refractivity contribution in [1.82, 2.24) is 4.90 Å². The van der Waals surface area contributed by atoms with Gasteiger partial charge in [0.1, 0.15) is 5.75 Å². The Balaban J connectivity index is 2.01. The smallest absolute Gasteiger partial charge is 0.227 e. The highest BCUT2D eigenvalue weighted by molar-refractivity contribution is 5.79. The van der Waals surface area contributed by atoms with E-state index >= 15 is 0 Å². The van der Waals surface area contributed by atoms with Crippen LogP contribution in [0, 0.1) is 5.92 Å². The van der Waals surface area contributed by atoms with Crippen molar-refractivity contribution >= 4 is 5.91 Å². The van der Waals surface area contributed by atoms with Crippen molar-refractivity contribution < 1.29 is 9.53 Å². The predicted molar refractivity (Wildman–Crippen MR) is 79.7 cm³/mol. The fourth-order valence-corrected chi connectivity index (χ4v) is 2.68. The summed E-state index contributed by atoms with van der Waals surface area (Å²) in [4.78, 5) is 14.4. The number of carbonyl (C=O) groups is 1. The molecule has 0 aliphatic carbocycles. The van der Waals surface area contributed by atoms with E-state index in [4.69, 9.17) is 10.5 Å². The van der Waals surface area contributed by atoms with Crippen LogP contribution in [0.5, 0.6) is 5.75 Å². The highest BCUT2D eigenvalue weighted by Crippen LogP contribution is 2.19. The number of carbonyl (C=O) groups excluding carboxylic acids is 1. The van der Waals surface area contributed by atoms with Crippen LogP contribution in [0.3, 0.4) is 0 Å². The molecular formula is C16H24N2O2. The molecule has 0 bridgehead atoms. The molecule has 4 heteroatoms. The Hall–Kier alpha value is -1.55. The largest absolute Gasteiger partial charge is 0.494 e. The summed E-state index contributed by atoms with van der Waals surface area (Å²) in [5.41, 5.74) is 6.92. The van der Waals surface area contributed by atoms with Crippen molar-refractivity contribution in [3.8, 4) is 5.75 Å². The SMILES string of the molecule is CCOc1cccc(CC(CN)C(=O)N2CCCC2)c1. The summed E-state index contributed by atoms with van der Waals surface area (Å²) in [5.74, 6) is 0.936. The van der Waals surface area contributed by atoms with E-state index in [0.717, 1.165) is 37.2 Å². The van der Waals surface area contributed by atoms with Crippen LogP contribution in [0.4, 0.5) is 0 Å². The molecule has 1 unspecified atom stereocenters. The average molecular weight is 276 g/mol. The summed E-state index contributed by atoms with van der Waals surface area (Å²) in [6, 6.07) is 7.94. The van der Waals surface area contributed by atoms with E-state index in [9.17, 15) is 4.79 Å². The van der Waals surface area contributed by atoms with E-state index in [-0.39, 0.29) is 11.8 Å². The van der Waals surface area contributed by atoms with Gasteiger partial charge < -0.3 is 15.4 Å². The molecule has 1 amide bonds. The minimum absolute atomic E-state index is 0.120. The van der Waals surface area contributed by atoms with Gasteiger partial charge in [-0.1, -0.05) is 12.1 Å². The zero-order valence-corrected chi connectivity index (χ0v) is 12.2. The molecule has 1 fully saturated rings. The van der Waals surface area contributed by atoms with E-state index < -0.39 is 0 Å². The molecule has 0 saturated carbocycles. The van der Waals surface area contributed by atoms with E-state index in [2.05, 4.69) is 0 Å². The van der Waals surface area contributed by atoms with Gasteiger partial charge in [0.2, 0.25) is 5.91 Å². The first kappa shape index (κ1) is 14.9. The monoisotopic (exact) mass is 276 g/mol. The molecule has 4 nitrogen and oxygen atoms in total. The van der Waals surface area contributed by atoms with Crippen molar-refractivity contribution in [3.63, 3.8) is 0 Å². The van der Waals surface area contributed by atoms with Crippen LogP contribution in [0.1, 0.15) is 25.3 Å². The van der Waals surface area contributed by atoms with E-state index in [1.807, 2.05) is 36.1 Å². The van der Waals surface area contributed by atoms with Gasteiger partial charge in [0.15, 0.2) is 0 Å². The van der Waals surface area contributed by atoms with Crippen LogP contribution >= 0.6 is 0 Å². The maximum Gasteiger partial charge on any atom is 0.227 e. The maximum atomic E-state index is 12.4. The van der Waals surface area contributed by atoms with Crippen molar-refractivity contribution in [2.75, 3.05) is 26.2 Å². The third kappa shape index (κ3) is 3.73. The van der Waals surface area contributed by atoms with Crippen molar-refractivity contribution in [2.24, 2.45) is 11.7 Å². The van der Waals surface area contributed by atoms with Gasteiger partial charge in [-0.2, -0.15) is 0 Å². The molecule has 1 aliphatic rings. The molecule has 1 heterocycles. The Kier molecular flexibility index (Phi) is 5.41. The topological polar surface area (TPSA) is 55.6 Å². The summed E-state index contributed by atoms with van der Waals surface area (Å²) in [5, 5.41) is 0. The molecule has 1 aliphatic heterocycles. The quantitative estimate of drug-likeness (QED) is 0.862. The molecule has 1 saturated heterocycles. The highest BCUT2D eigenvalue weighted by Gasteiger charge is 2.25. The lowest BCUT2D eigenvalue weighted by Gasteiger charge is -2.22. The van der Waals surface area contributed by atoms with Gasteiger partial charge in [-0.3, -0.25) is 4.79 Å². The number of hydrogen-bond donors (Lipinski definition) is 1. The first-order chi connectivity index (χ1) is 9.74. The molecule has 2 N–H and O–H groups in total. The minimum Gasteiger partial charge on any atom is -0.494 e. The number of amides is 1. The molecule has 20 heavy (non-hydrogen) atoms. The minimum atomic E-state index is -0.120. The molecule has 0 radical (unpaired) electrons. The number of rotatable bonds is 6. The standard InChI is InChI=1S/C16H24N2O2/c1-2-20-15-7-5-6-13(11-15)10-14(12-17)16(19)18-8-3-4-9-18/h5-7,11,14H,2-4,8-10,12,17H2,1H3. The zero-order chi connectivity index (χ0) is 14.4. The lowest BCUT2D eigenvalue weighted by Crippen LogP contribution is -2.38. The number of nitrogens with zero attached hydrogens (tertiary/aromatic N) is 1. The van der Waals surface area contributed by atoms with E-state index in [1.165, 1.54) is 0 Å². The molecule has 2 rings (SSSR count). The van der Waals surface area contributed by atoms with Crippen LogP contribution in [-0.4, -0.2) is 37.0 Å². The van der Waals surface area contributed by atoms with Crippen LogP contribution in [-0.2, 0) is 11.2 Å². The predicted octanol–water partition coefficient (Wildman–Crippen LogP) is 1.83. The Bertz CT molecular complexity index is 442.